The molecule has 2 N–H and O–H groups in total. The van der Waals surface area contributed by atoms with Crippen molar-refractivity contribution >= 4 is 33.9 Å². The average molecular weight is 364 g/mol. The number of anilines is 1. The Balaban J connectivity index is 1.98. The fourth-order valence-corrected chi connectivity index (χ4v) is 4.02. The van der Waals surface area contributed by atoms with Gasteiger partial charge in [-0.2, -0.15) is 0 Å². The Morgan fingerprint density at radius 3 is 2.60 bits per heavy atom. The maximum Gasteiger partial charge on any atom is 0.259 e. The summed E-state index contributed by atoms with van der Waals surface area (Å²) < 4.78 is 26.8. The van der Waals surface area contributed by atoms with Gasteiger partial charge in [-0.3, -0.25) is 14.4 Å². The van der Waals surface area contributed by atoms with Gasteiger partial charge in [0.15, 0.2) is 0 Å². The van der Waals surface area contributed by atoms with Crippen LogP contribution in [0.3, 0.4) is 0 Å². The van der Waals surface area contributed by atoms with Crippen molar-refractivity contribution in [1.29, 1.82) is 0 Å². The maximum atomic E-state index is 13.8. The Labute approximate surface area is 146 Å². The van der Waals surface area contributed by atoms with Crippen molar-refractivity contribution in [2.24, 2.45) is 0 Å². The van der Waals surface area contributed by atoms with Crippen molar-refractivity contribution in [3.8, 4) is 0 Å². The van der Waals surface area contributed by atoms with Gasteiger partial charge in [-0.15, -0.1) is 11.3 Å². The Morgan fingerprint density at radius 1 is 1.16 bits per heavy atom. The summed E-state index contributed by atoms with van der Waals surface area (Å²) in [5.41, 5.74) is 0.705. The van der Waals surface area contributed by atoms with E-state index in [1.807, 2.05) is 0 Å². The van der Waals surface area contributed by atoms with E-state index in [-0.39, 0.29) is 28.7 Å². The number of halogens is 2. The van der Waals surface area contributed by atoms with Crippen molar-refractivity contribution in [2.45, 2.75) is 19.3 Å². The lowest BCUT2D eigenvalue weighted by atomic mass is 9.94. The molecule has 0 aliphatic heterocycles. The van der Waals surface area contributed by atoms with Gasteiger partial charge in [-0.1, -0.05) is 0 Å². The highest BCUT2D eigenvalue weighted by Gasteiger charge is 2.28. The van der Waals surface area contributed by atoms with Crippen molar-refractivity contribution in [3.05, 3.63) is 51.4 Å². The van der Waals surface area contributed by atoms with Gasteiger partial charge in [-0.25, -0.2) is 8.78 Å². The van der Waals surface area contributed by atoms with E-state index in [0.29, 0.717) is 24.5 Å². The number of amides is 2. The molecule has 0 atom stereocenters. The summed E-state index contributed by atoms with van der Waals surface area (Å²) in [6.07, 6.45) is 0.979. The third-order valence-corrected chi connectivity index (χ3v) is 5.11. The number of carbonyl (C=O) groups excluding carboxylic acids is 3. The maximum absolute atomic E-state index is 13.8. The number of fused-ring (bicyclic) bond motifs is 1. The second kappa shape index (κ2) is 6.72. The van der Waals surface area contributed by atoms with Gasteiger partial charge in [0.25, 0.3) is 11.8 Å². The van der Waals surface area contributed by atoms with E-state index in [1.54, 1.807) is 0 Å². The lowest BCUT2D eigenvalue weighted by Gasteiger charge is -2.11. The summed E-state index contributed by atoms with van der Waals surface area (Å²) in [5, 5.41) is 5.29. The van der Waals surface area contributed by atoms with E-state index >= 15 is 0 Å². The number of hydrogen-bond acceptors (Lipinski definition) is 4. The molecule has 0 saturated carbocycles. The smallest absolute Gasteiger partial charge is 0.259 e. The Hall–Kier alpha value is -2.61. The summed E-state index contributed by atoms with van der Waals surface area (Å²) >= 11 is 1.13. The highest BCUT2D eigenvalue weighted by Crippen LogP contribution is 2.37. The van der Waals surface area contributed by atoms with E-state index < -0.39 is 17.5 Å². The van der Waals surface area contributed by atoms with Crippen LogP contribution in [-0.4, -0.2) is 24.6 Å². The molecule has 1 aliphatic carbocycles. The first-order valence-electron chi connectivity index (χ1n) is 7.55. The van der Waals surface area contributed by atoms with Gasteiger partial charge >= 0.3 is 0 Å². The fourth-order valence-electron chi connectivity index (χ4n) is 2.75. The standard InChI is InChI=1S/C17H14F2N2O3S/c1-20-16(24)14-11-5-3-9(22)7-13(11)25-17(14)21-15(23)10-4-2-8(18)6-12(10)19/h2,4,6H,3,5,7H2,1H3,(H,20,24)(H,21,23). The molecular weight excluding hydrogens is 350 g/mol. The van der Waals surface area contributed by atoms with Crippen LogP contribution in [-0.2, 0) is 17.6 Å². The van der Waals surface area contributed by atoms with E-state index in [2.05, 4.69) is 10.6 Å². The first-order chi connectivity index (χ1) is 11.9. The van der Waals surface area contributed by atoms with Crippen LogP contribution < -0.4 is 10.6 Å². The van der Waals surface area contributed by atoms with Crippen molar-refractivity contribution < 1.29 is 23.2 Å². The first kappa shape index (κ1) is 17.2. The highest BCUT2D eigenvalue weighted by atomic mass is 32.1. The van der Waals surface area contributed by atoms with E-state index in [4.69, 9.17) is 0 Å². The molecule has 8 heteroatoms. The molecule has 1 aromatic carbocycles. The van der Waals surface area contributed by atoms with E-state index in [9.17, 15) is 23.2 Å². The number of carbonyl (C=O) groups is 3. The van der Waals surface area contributed by atoms with Crippen LogP contribution >= 0.6 is 11.3 Å². The van der Waals surface area contributed by atoms with Crippen molar-refractivity contribution in [2.75, 3.05) is 12.4 Å². The Morgan fingerprint density at radius 2 is 1.92 bits per heavy atom. The largest absolute Gasteiger partial charge is 0.355 e. The molecule has 25 heavy (non-hydrogen) atoms. The zero-order valence-electron chi connectivity index (χ0n) is 13.2. The monoisotopic (exact) mass is 364 g/mol. The third-order valence-electron chi connectivity index (χ3n) is 3.96. The van der Waals surface area contributed by atoms with E-state index in [1.165, 1.54) is 7.05 Å². The second-order valence-electron chi connectivity index (χ2n) is 5.58. The molecule has 0 fully saturated rings. The first-order valence-corrected chi connectivity index (χ1v) is 8.37. The lowest BCUT2D eigenvalue weighted by molar-refractivity contribution is -0.118. The number of Topliss-reactive ketones (excluding diaryl/α,β-unsaturated/α-hetero) is 1. The predicted molar refractivity (Wildman–Crippen MR) is 89.1 cm³/mol. The number of rotatable bonds is 3. The molecule has 130 valence electrons. The summed E-state index contributed by atoms with van der Waals surface area (Å²) in [6.45, 7) is 0. The third kappa shape index (κ3) is 3.30. The highest BCUT2D eigenvalue weighted by molar-refractivity contribution is 7.17. The summed E-state index contributed by atoms with van der Waals surface area (Å²) in [5.74, 6) is -2.88. The van der Waals surface area contributed by atoms with Crippen LogP contribution in [0.15, 0.2) is 18.2 Å². The minimum absolute atomic E-state index is 0.0691. The molecule has 2 amide bonds. The summed E-state index contributed by atoms with van der Waals surface area (Å²) in [6, 6.07) is 2.64. The molecule has 0 spiro atoms. The van der Waals surface area contributed by atoms with Crippen LogP contribution in [0.4, 0.5) is 13.8 Å². The normalized spacial score (nSPS) is 13.3. The Kier molecular flexibility index (Phi) is 4.63. The molecule has 1 aromatic heterocycles. The molecule has 0 bridgehead atoms. The zero-order chi connectivity index (χ0) is 18.1. The minimum Gasteiger partial charge on any atom is -0.355 e. The average Bonchev–Trinajstić information content (AvgIpc) is 2.90. The van der Waals surface area contributed by atoms with Gasteiger partial charge in [0, 0.05) is 30.8 Å². The van der Waals surface area contributed by atoms with Crippen LogP contribution in [0.25, 0.3) is 0 Å². The minimum atomic E-state index is -0.990. The molecule has 3 rings (SSSR count). The van der Waals surface area contributed by atoms with Gasteiger partial charge in [0.05, 0.1) is 11.1 Å². The quantitative estimate of drug-likeness (QED) is 0.879. The predicted octanol–water partition coefficient (Wildman–Crippen LogP) is 2.70. The van der Waals surface area contributed by atoms with Crippen LogP contribution in [0.2, 0.25) is 0 Å². The number of thiophene rings is 1. The van der Waals surface area contributed by atoms with Gasteiger partial charge in [-0.05, 0) is 24.1 Å². The molecular formula is C17H14F2N2O3S. The SMILES string of the molecule is CNC(=O)c1c(NC(=O)c2ccc(F)cc2F)sc2c1CCC(=O)C2. The topological polar surface area (TPSA) is 75.3 Å². The summed E-state index contributed by atoms with van der Waals surface area (Å²) in [4.78, 5) is 36.9. The van der Waals surface area contributed by atoms with Crippen LogP contribution in [0.5, 0.6) is 0 Å². The van der Waals surface area contributed by atoms with Crippen LogP contribution in [0, 0.1) is 11.6 Å². The Bertz CT molecular complexity index is 892. The van der Waals surface area contributed by atoms with Crippen molar-refractivity contribution in [1.82, 2.24) is 5.32 Å². The molecule has 5 nitrogen and oxygen atoms in total. The second-order valence-corrected chi connectivity index (χ2v) is 6.69. The number of nitrogens with one attached hydrogen (secondary N) is 2. The number of benzene rings is 1. The number of ketones is 1. The van der Waals surface area contributed by atoms with Gasteiger partial charge < -0.3 is 10.6 Å². The van der Waals surface area contributed by atoms with Crippen LogP contribution in [0.1, 0.15) is 37.6 Å². The lowest BCUT2D eigenvalue weighted by Crippen LogP contribution is -2.23. The van der Waals surface area contributed by atoms with Gasteiger partial charge in [0.1, 0.15) is 22.4 Å². The molecule has 0 saturated heterocycles. The molecule has 2 aromatic rings. The van der Waals surface area contributed by atoms with Crippen molar-refractivity contribution in [3.63, 3.8) is 0 Å². The van der Waals surface area contributed by atoms with E-state index in [0.717, 1.165) is 33.9 Å². The zero-order valence-corrected chi connectivity index (χ0v) is 14.1. The molecule has 1 heterocycles. The van der Waals surface area contributed by atoms with Gasteiger partial charge in [0.2, 0.25) is 0 Å². The molecule has 0 unspecified atom stereocenters. The summed E-state index contributed by atoms with van der Waals surface area (Å²) in [7, 11) is 1.46. The molecule has 1 aliphatic rings. The number of hydrogen-bond donors (Lipinski definition) is 2. The fraction of sp³-hybridized carbons (Fsp3) is 0.235. The molecule has 0 radical (unpaired) electrons.